The Morgan fingerprint density at radius 3 is 3.00 bits per heavy atom. The lowest BCUT2D eigenvalue weighted by molar-refractivity contribution is -0.0124. The third kappa shape index (κ3) is 2.87. The van der Waals surface area contributed by atoms with E-state index in [4.69, 9.17) is 4.74 Å². The van der Waals surface area contributed by atoms with Gasteiger partial charge in [0.05, 0.1) is 12.7 Å². The number of halogens is 1. The lowest BCUT2D eigenvalue weighted by Gasteiger charge is -2.31. The van der Waals surface area contributed by atoms with Crippen LogP contribution in [0, 0.1) is 6.92 Å². The molecule has 0 aliphatic carbocycles. The van der Waals surface area contributed by atoms with Crippen LogP contribution in [0.2, 0.25) is 0 Å². The zero-order chi connectivity index (χ0) is 12.4. The third-order valence-corrected chi connectivity index (χ3v) is 3.45. The summed E-state index contributed by atoms with van der Waals surface area (Å²) in [4.78, 5) is 14.2. The van der Waals surface area contributed by atoms with Gasteiger partial charge in [-0.2, -0.15) is 0 Å². The van der Waals surface area contributed by atoms with Crippen LogP contribution < -0.4 is 0 Å². The van der Waals surface area contributed by atoms with Gasteiger partial charge in [0.15, 0.2) is 0 Å². The molecular weight excluding hydrogens is 282 g/mol. The van der Waals surface area contributed by atoms with E-state index in [1.807, 2.05) is 36.9 Å². The Kier molecular flexibility index (Phi) is 3.84. The molecule has 1 amide bonds. The fourth-order valence-corrected chi connectivity index (χ4v) is 2.36. The first-order valence-corrected chi connectivity index (χ1v) is 6.54. The van der Waals surface area contributed by atoms with E-state index in [0.717, 1.165) is 15.6 Å². The number of amides is 1. The van der Waals surface area contributed by atoms with Crippen molar-refractivity contribution in [2.24, 2.45) is 0 Å². The van der Waals surface area contributed by atoms with E-state index in [1.54, 1.807) is 0 Å². The Labute approximate surface area is 110 Å². The Morgan fingerprint density at radius 1 is 1.53 bits per heavy atom. The molecule has 1 aromatic carbocycles. The van der Waals surface area contributed by atoms with Crippen molar-refractivity contribution in [1.29, 1.82) is 0 Å². The van der Waals surface area contributed by atoms with Crippen LogP contribution in [0.1, 0.15) is 22.8 Å². The molecule has 3 nitrogen and oxygen atoms in total. The summed E-state index contributed by atoms with van der Waals surface area (Å²) < 4.78 is 6.38. The molecule has 0 radical (unpaired) electrons. The number of ether oxygens (including phenoxy) is 1. The third-order valence-electron chi connectivity index (χ3n) is 2.96. The number of hydrogen-bond donors (Lipinski definition) is 0. The molecule has 4 heteroatoms. The van der Waals surface area contributed by atoms with Crippen molar-refractivity contribution in [1.82, 2.24) is 4.90 Å². The van der Waals surface area contributed by atoms with Gasteiger partial charge in [-0.1, -0.05) is 22.0 Å². The summed E-state index contributed by atoms with van der Waals surface area (Å²) >= 11 is 3.41. The highest BCUT2D eigenvalue weighted by Gasteiger charge is 2.23. The van der Waals surface area contributed by atoms with Crippen LogP contribution in [0.5, 0.6) is 0 Å². The summed E-state index contributed by atoms with van der Waals surface area (Å²) in [6.07, 6.45) is 0.125. The second-order valence-corrected chi connectivity index (χ2v) is 5.31. The maximum Gasteiger partial charge on any atom is 0.254 e. The van der Waals surface area contributed by atoms with Gasteiger partial charge in [-0.15, -0.1) is 0 Å². The van der Waals surface area contributed by atoms with Gasteiger partial charge in [0.1, 0.15) is 0 Å². The molecule has 1 aliphatic rings. The quantitative estimate of drug-likeness (QED) is 0.797. The van der Waals surface area contributed by atoms with E-state index in [-0.39, 0.29) is 12.0 Å². The van der Waals surface area contributed by atoms with E-state index >= 15 is 0 Å². The summed E-state index contributed by atoms with van der Waals surface area (Å²) in [6, 6.07) is 5.80. The molecule has 1 fully saturated rings. The Balaban J connectivity index is 2.21. The summed E-state index contributed by atoms with van der Waals surface area (Å²) in [5, 5.41) is 0. The minimum absolute atomic E-state index is 0.0963. The molecule has 2 rings (SSSR count). The van der Waals surface area contributed by atoms with Gasteiger partial charge < -0.3 is 9.64 Å². The topological polar surface area (TPSA) is 29.5 Å². The van der Waals surface area contributed by atoms with Crippen molar-refractivity contribution in [3.05, 3.63) is 33.8 Å². The van der Waals surface area contributed by atoms with Gasteiger partial charge in [-0.25, -0.2) is 0 Å². The molecular formula is C13H16BrNO2. The molecule has 17 heavy (non-hydrogen) atoms. The molecule has 0 saturated carbocycles. The number of benzene rings is 1. The van der Waals surface area contributed by atoms with E-state index in [0.29, 0.717) is 19.7 Å². The molecule has 0 N–H and O–H groups in total. The number of rotatable bonds is 1. The molecule has 1 aliphatic heterocycles. The van der Waals surface area contributed by atoms with Crippen molar-refractivity contribution in [2.75, 3.05) is 19.7 Å². The van der Waals surface area contributed by atoms with Crippen molar-refractivity contribution < 1.29 is 9.53 Å². The van der Waals surface area contributed by atoms with Crippen molar-refractivity contribution in [3.8, 4) is 0 Å². The molecule has 0 bridgehead atoms. The monoisotopic (exact) mass is 297 g/mol. The normalized spacial score (nSPS) is 20.4. The highest BCUT2D eigenvalue weighted by Crippen LogP contribution is 2.19. The van der Waals surface area contributed by atoms with E-state index in [9.17, 15) is 4.79 Å². The predicted octanol–water partition coefficient (Wildman–Crippen LogP) is 2.62. The lowest BCUT2D eigenvalue weighted by Crippen LogP contribution is -2.44. The summed E-state index contributed by atoms with van der Waals surface area (Å²) in [5.41, 5.74) is 1.78. The maximum absolute atomic E-state index is 12.4. The van der Waals surface area contributed by atoms with E-state index in [2.05, 4.69) is 15.9 Å². The number of aryl methyl sites for hydroxylation is 1. The first-order chi connectivity index (χ1) is 8.08. The first-order valence-electron chi connectivity index (χ1n) is 5.75. The largest absolute Gasteiger partial charge is 0.375 e. The highest BCUT2D eigenvalue weighted by molar-refractivity contribution is 9.10. The predicted molar refractivity (Wildman–Crippen MR) is 70.2 cm³/mol. The van der Waals surface area contributed by atoms with Crippen molar-refractivity contribution in [3.63, 3.8) is 0 Å². The molecule has 92 valence electrons. The van der Waals surface area contributed by atoms with Crippen molar-refractivity contribution in [2.45, 2.75) is 20.0 Å². The molecule has 1 aromatic rings. The summed E-state index contributed by atoms with van der Waals surface area (Å²) in [7, 11) is 0. The van der Waals surface area contributed by atoms with Gasteiger partial charge in [-0.3, -0.25) is 4.79 Å². The Bertz CT molecular complexity index is 433. The summed E-state index contributed by atoms with van der Waals surface area (Å²) in [5.74, 6) is 0.0963. The fourth-order valence-electron chi connectivity index (χ4n) is 2.00. The van der Waals surface area contributed by atoms with Crippen LogP contribution in [-0.4, -0.2) is 36.6 Å². The average molecular weight is 298 g/mol. The Hall–Kier alpha value is -0.870. The van der Waals surface area contributed by atoms with E-state index < -0.39 is 0 Å². The fraction of sp³-hybridized carbons (Fsp3) is 0.462. The van der Waals surface area contributed by atoms with Gasteiger partial charge >= 0.3 is 0 Å². The number of carbonyl (C=O) groups is 1. The van der Waals surface area contributed by atoms with Crippen LogP contribution in [0.4, 0.5) is 0 Å². The minimum atomic E-state index is 0.0963. The van der Waals surface area contributed by atoms with Crippen LogP contribution >= 0.6 is 15.9 Å². The van der Waals surface area contributed by atoms with Crippen LogP contribution in [0.15, 0.2) is 22.7 Å². The molecule has 0 spiro atoms. The van der Waals surface area contributed by atoms with Crippen LogP contribution in [0.3, 0.4) is 0 Å². The zero-order valence-electron chi connectivity index (χ0n) is 10.1. The SMILES string of the molecule is Cc1ccc(Br)cc1C(=O)N1CCO[C@H](C)C1. The van der Waals surface area contributed by atoms with Gasteiger partial charge in [0, 0.05) is 23.1 Å². The number of carbonyl (C=O) groups excluding carboxylic acids is 1. The highest BCUT2D eigenvalue weighted by atomic mass is 79.9. The number of hydrogen-bond acceptors (Lipinski definition) is 2. The molecule has 0 aromatic heterocycles. The van der Waals surface area contributed by atoms with Gasteiger partial charge in [0.25, 0.3) is 5.91 Å². The summed E-state index contributed by atoms with van der Waals surface area (Å²) in [6.45, 7) is 5.93. The number of morpholine rings is 1. The Morgan fingerprint density at radius 2 is 2.29 bits per heavy atom. The van der Waals surface area contributed by atoms with Crippen molar-refractivity contribution >= 4 is 21.8 Å². The smallest absolute Gasteiger partial charge is 0.254 e. The second kappa shape index (κ2) is 5.19. The lowest BCUT2D eigenvalue weighted by atomic mass is 10.1. The molecule has 1 atom stereocenters. The molecule has 1 saturated heterocycles. The average Bonchev–Trinajstić information content (AvgIpc) is 2.31. The van der Waals surface area contributed by atoms with E-state index in [1.165, 1.54) is 0 Å². The van der Waals surface area contributed by atoms with Crippen LogP contribution in [-0.2, 0) is 4.74 Å². The van der Waals surface area contributed by atoms with Gasteiger partial charge in [0.2, 0.25) is 0 Å². The standard InChI is InChI=1S/C13H16BrNO2/c1-9-3-4-11(14)7-12(9)13(16)15-5-6-17-10(2)8-15/h3-4,7,10H,5-6,8H2,1-2H3/t10-/m1/s1. The first kappa shape index (κ1) is 12.6. The van der Waals surface area contributed by atoms with Gasteiger partial charge in [-0.05, 0) is 31.5 Å². The maximum atomic E-state index is 12.4. The van der Waals surface area contributed by atoms with Crippen LogP contribution in [0.25, 0.3) is 0 Å². The molecule has 0 unspecified atom stereocenters. The molecule has 1 heterocycles. The minimum Gasteiger partial charge on any atom is -0.375 e. The number of nitrogens with zero attached hydrogens (tertiary/aromatic N) is 1. The zero-order valence-corrected chi connectivity index (χ0v) is 11.7. The second-order valence-electron chi connectivity index (χ2n) is 4.39.